The van der Waals surface area contributed by atoms with Crippen molar-refractivity contribution in [1.82, 2.24) is 14.7 Å². The molecule has 1 rings (SSSR count). The summed E-state index contributed by atoms with van der Waals surface area (Å²) in [5, 5.41) is 17.7. The molecule has 0 aromatic rings. The molecule has 0 radical (unpaired) electrons. The molecule has 12 heteroatoms. The monoisotopic (exact) mass is 525 g/mol. The van der Waals surface area contributed by atoms with Crippen LogP contribution in [0.2, 0.25) is 0 Å². The third kappa shape index (κ3) is 16.1. The number of carboxylic acid groups (broad SMARTS) is 2. The van der Waals surface area contributed by atoms with E-state index in [9.17, 15) is 19.3 Å². The predicted octanol–water partition coefficient (Wildman–Crippen LogP) is 2.09. The fourth-order valence-electron chi connectivity index (χ4n) is 3.34. The standard InChI is InChI=1S/C21H42N3O6P3/c1-18(2)19(25)3-12-31-15-22-6-7-23(16-32-13-4-20(26)27)9-11-24(10-8-22)17-33(30)14-5-21(28)29/h18,30-32H,3-17H2,1-2H3,(H,26,27)(H,28,29). The van der Waals surface area contributed by atoms with E-state index in [0.717, 1.165) is 58.0 Å². The molecule has 3 N–H and O–H groups in total. The number of carbonyl (C=O) groups is 3. The Labute approximate surface area is 203 Å². The maximum absolute atomic E-state index is 11.9. The molecule has 3 atom stereocenters. The van der Waals surface area contributed by atoms with Crippen molar-refractivity contribution in [2.75, 3.05) is 76.6 Å². The Hall–Kier alpha value is -0.260. The molecule has 33 heavy (non-hydrogen) atoms. The van der Waals surface area contributed by atoms with Crippen LogP contribution in [0.4, 0.5) is 0 Å². The molecule has 0 aromatic heterocycles. The number of carbonyl (C=O) groups excluding carboxylic acids is 1. The van der Waals surface area contributed by atoms with Crippen molar-refractivity contribution < 1.29 is 29.5 Å². The second-order valence-corrected chi connectivity index (χ2v) is 13.1. The summed E-state index contributed by atoms with van der Waals surface area (Å²) in [6.07, 6.45) is 5.15. The van der Waals surface area contributed by atoms with E-state index in [1.807, 2.05) is 13.8 Å². The number of ketones is 1. The minimum Gasteiger partial charge on any atom is -0.481 e. The first-order valence-electron chi connectivity index (χ1n) is 11.7. The molecule has 0 aliphatic carbocycles. The zero-order chi connectivity index (χ0) is 24.6. The fraction of sp³-hybridized carbons (Fsp3) is 0.857. The Balaban J connectivity index is 2.60. The summed E-state index contributed by atoms with van der Waals surface area (Å²) >= 11 is 0. The molecule has 9 nitrogen and oxygen atoms in total. The first kappa shape index (κ1) is 30.8. The number of aliphatic carboxylic acids is 2. The van der Waals surface area contributed by atoms with Crippen molar-refractivity contribution in [1.29, 1.82) is 0 Å². The number of carboxylic acids is 2. The van der Waals surface area contributed by atoms with E-state index in [0.29, 0.717) is 48.0 Å². The predicted molar refractivity (Wildman–Crippen MR) is 139 cm³/mol. The SMILES string of the molecule is CC(C)C(=O)CCPCN1CCN(CPCCC(=O)O)CCN(CP(O)CCC(=O)O)CC1. The van der Waals surface area contributed by atoms with Crippen LogP contribution >= 0.6 is 25.3 Å². The Morgan fingerprint density at radius 2 is 1.24 bits per heavy atom. The average Bonchev–Trinajstić information content (AvgIpc) is 2.84. The second-order valence-electron chi connectivity index (χ2n) is 8.70. The summed E-state index contributed by atoms with van der Waals surface area (Å²) in [6, 6.07) is 0. The second kappa shape index (κ2) is 18.1. The van der Waals surface area contributed by atoms with Gasteiger partial charge in [-0.1, -0.05) is 13.8 Å². The van der Waals surface area contributed by atoms with Crippen LogP contribution in [0.5, 0.6) is 0 Å². The van der Waals surface area contributed by atoms with Gasteiger partial charge in [-0.15, -0.1) is 17.2 Å². The summed E-state index contributed by atoms with van der Waals surface area (Å²) in [6.45, 7) is 9.15. The van der Waals surface area contributed by atoms with Crippen molar-refractivity contribution >= 4 is 43.0 Å². The van der Waals surface area contributed by atoms with Gasteiger partial charge >= 0.3 is 11.9 Å². The van der Waals surface area contributed by atoms with Gasteiger partial charge in [-0.3, -0.25) is 29.1 Å². The Bertz CT molecular complexity index is 600. The van der Waals surface area contributed by atoms with E-state index in [1.165, 1.54) is 0 Å². The van der Waals surface area contributed by atoms with Crippen molar-refractivity contribution in [2.24, 2.45) is 5.92 Å². The molecule has 3 unspecified atom stereocenters. The van der Waals surface area contributed by atoms with E-state index in [-0.39, 0.29) is 18.8 Å². The molecular weight excluding hydrogens is 483 g/mol. The van der Waals surface area contributed by atoms with E-state index in [4.69, 9.17) is 10.2 Å². The Kier molecular flexibility index (Phi) is 16.8. The van der Waals surface area contributed by atoms with Gasteiger partial charge in [0.05, 0.1) is 6.42 Å². The highest BCUT2D eigenvalue weighted by Gasteiger charge is 2.19. The number of rotatable bonds is 16. The van der Waals surface area contributed by atoms with Crippen LogP contribution in [-0.4, -0.2) is 124 Å². The van der Waals surface area contributed by atoms with Gasteiger partial charge in [0.2, 0.25) is 0 Å². The topological polar surface area (TPSA) is 122 Å². The largest absolute Gasteiger partial charge is 0.481 e. The van der Waals surface area contributed by atoms with Gasteiger partial charge in [0.25, 0.3) is 0 Å². The lowest BCUT2D eigenvalue weighted by Gasteiger charge is -2.27. The van der Waals surface area contributed by atoms with Crippen LogP contribution in [0, 0.1) is 5.92 Å². The first-order valence-corrected chi connectivity index (χ1v) is 16.1. The Morgan fingerprint density at radius 3 is 1.70 bits per heavy atom. The van der Waals surface area contributed by atoms with Gasteiger partial charge in [-0.25, -0.2) is 0 Å². The van der Waals surface area contributed by atoms with Gasteiger partial charge in [0.15, 0.2) is 0 Å². The van der Waals surface area contributed by atoms with Gasteiger partial charge in [-0.05, 0) is 12.3 Å². The van der Waals surface area contributed by atoms with Gasteiger partial charge < -0.3 is 15.1 Å². The minimum atomic E-state index is -1.33. The van der Waals surface area contributed by atoms with Crippen molar-refractivity contribution in [3.63, 3.8) is 0 Å². The lowest BCUT2D eigenvalue weighted by molar-refractivity contribution is -0.137. The van der Waals surface area contributed by atoms with Crippen molar-refractivity contribution in [3.8, 4) is 0 Å². The molecule has 0 spiro atoms. The quantitative estimate of drug-likeness (QED) is 0.205. The average molecular weight is 526 g/mol. The lowest BCUT2D eigenvalue weighted by atomic mass is 10.1. The maximum Gasteiger partial charge on any atom is 0.303 e. The summed E-state index contributed by atoms with van der Waals surface area (Å²) < 4.78 is 0. The summed E-state index contributed by atoms with van der Waals surface area (Å²) in [5.41, 5.74) is 0. The fourth-order valence-corrected chi connectivity index (χ4v) is 7.07. The Morgan fingerprint density at radius 1 is 0.788 bits per heavy atom. The van der Waals surface area contributed by atoms with Crippen LogP contribution in [-0.2, 0) is 14.4 Å². The zero-order valence-electron chi connectivity index (χ0n) is 20.0. The normalized spacial score (nSPS) is 18.7. The van der Waals surface area contributed by atoms with E-state index < -0.39 is 20.1 Å². The van der Waals surface area contributed by atoms with Crippen LogP contribution in [0.3, 0.4) is 0 Å². The van der Waals surface area contributed by atoms with Crippen LogP contribution in [0.1, 0.15) is 33.1 Å². The summed E-state index contributed by atoms with van der Waals surface area (Å²) in [5.74, 6) is -1.21. The molecule has 0 amide bonds. The van der Waals surface area contributed by atoms with Gasteiger partial charge in [0.1, 0.15) is 5.78 Å². The van der Waals surface area contributed by atoms with Crippen molar-refractivity contribution in [2.45, 2.75) is 33.1 Å². The van der Waals surface area contributed by atoms with Crippen molar-refractivity contribution in [3.05, 3.63) is 0 Å². The van der Waals surface area contributed by atoms with Gasteiger partial charge in [0, 0.05) is 91.2 Å². The number of Topliss-reactive ketones (excluding diaryl/α,β-unsaturated/α-hetero) is 1. The van der Waals surface area contributed by atoms with E-state index >= 15 is 0 Å². The molecular formula is C21H42N3O6P3. The first-order chi connectivity index (χ1) is 15.7. The molecule has 1 fully saturated rings. The summed E-state index contributed by atoms with van der Waals surface area (Å²) in [7, 11) is -0.0403. The molecule has 192 valence electrons. The molecule has 1 heterocycles. The highest BCUT2D eigenvalue weighted by Crippen LogP contribution is 2.31. The molecule has 1 aliphatic heterocycles. The van der Waals surface area contributed by atoms with E-state index in [1.54, 1.807) is 0 Å². The van der Waals surface area contributed by atoms with E-state index in [2.05, 4.69) is 14.7 Å². The minimum absolute atomic E-state index is 0.00475. The van der Waals surface area contributed by atoms with Crippen LogP contribution in [0.25, 0.3) is 0 Å². The van der Waals surface area contributed by atoms with Crippen LogP contribution in [0.15, 0.2) is 0 Å². The molecule has 1 saturated heterocycles. The molecule has 0 saturated carbocycles. The number of hydrogen-bond acceptors (Lipinski definition) is 7. The zero-order valence-corrected chi connectivity index (χ0v) is 22.9. The third-order valence-corrected chi connectivity index (χ3v) is 9.54. The maximum atomic E-state index is 11.9. The molecule has 0 bridgehead atoms. The molecule has 0 aromatic carbocycles. The van der Waals surface area contributed by atoms with Gasteiger partial charge in [-0.2, -0.15) is 0 Å². The number of nitrogens with zero attached hydrogens (tertiary/aromatic N) is 3. The summed E-state index contributed by atoms with van der Waals surface area (Å²) in [4.78, 5) is 50.9. The highest BCUT2D eigenvalue weighted by atomic mass is 31.1. The smallest absolute Gasteiger partial charge is 0.303 e. The van der Waals surface area contributed by atoms with Crippen LogP contribution < -0.4 is 0 Å². The number of hydrogen-bond donors (Lipinski definition) is 3. The lowest BCUT2D eigenvalue weighted by Crippen LogP contribution is -2.36. The molecule has 1 aliphatic rings. The highest BCUT2D eigenvalue weighted by molar-refractivity contribution is 7.51. The third-order valence-electron chi connectivity index (χ3n) is 5.52.